The second kappa shape index (κ2) is 6.33. The smallest absolute Gasteiger partial charge is 0.143 e. The Balaban J connectivity index is 0.000000291. The van der Waals surface area contributed by atoms with Gasteiger partial charge < -0.3 is 10.1 Å². The molecule has 1 unspecified atom stereocenters. The van der Waals surface area contributed by atoms with E-state index in [-0.39, 0.29) is 5.56 Å². The van der Waals surface area contributed by atoms with Crippen molar-refractivity contribution in [2.45, 2.75) is 19.4 Å². The molecule has 3 heteroatoms. The molecule has 0 saturated carbocycles. The molecule has 1 aliphatic rings. The molecule has 1 rings (SSSR count). The first-order valence-corrected chi connectivity index (χ1v) is 3.79. The van der Waals surface area contributed by atoms with Gasteiger partial charge in [0.1, 0.15) is 5.56 Å². The van der Waals surface area contributed by atoms with Crippen LogP contribution >= 0.6 is 11.6 Å². The third-order valence-electron chi connectivity index (χ3n) is 0.882. The van der Waals surface area contributed by atoms with E-state index in [1.54, 1.807) is 0 Å². The zero-order valence-electron chi connectivity index (χ0n) is 5.98. The van der Waals surface area contributed by atoms with E-state index in [4.69, 9.17) is 16.3 Å². The largest absolute Gasteiger partial charge is 0.360 e. The van der Waals surface area contributed by atoms with Crippen molar-refractivity contribution >= 4 is 11.6 Å². The lowest BCUT2D eigenvalue weighted by molar-refractivity contribution is 0.0804. The molecule has 0 aromatic carbocycles. The highest BCUT2D eigenvalue weighted by atomic mass is 35.5. The van der Waals surface area contributed by atoms with Crippen molar-refractivity contribution in [3.63, 3.8) is 0 Å². The van der Waals surface area contributed by atoms with E-state index in [1.165, 1.54) is 0 Å². The van der Waals surface area contributed by atoms with Crippen LogP contribution in [-0.2, 0) is 4.74 Å². The van der Waals surface area contributed by atoms with Crippen molar-refractivity contribution in [2.75, 3.05) is 19.7 Å². The number of hydrogen-bond acceptors (Lipinski definition) is 2. The molecular weight excluding hydrogens is 138 g/mol. The number of halogens is 1. The van der Waals surface area contributed by atoms with Crippen molar-refractivity contribution in [3.05, 3.63) is 0 Å². The summed E-state index contributed by atoms with van der Waals surface area (Å²) in [6, 6.07) is 0. The molecule has 0 spiro atoms. The Kier molecular flexibility index (Phi) is 6.48. The van der Waals surface area contributed by atoms with E-state index in [9.17, 15) is 0 Å². The van der Waals surface area contributed by atoms with Gasteiger partial charge in [-0.3, -0.25) is 0 Å². The molecule has 0 bridgehead atoms. The summed E-state index contributed by atoms with van der Waals surface area (Å²) in [5.41, 5.74) is -0.103. The topological polar surface area (TPSA) is 21.3 Å². The Hall–Kier alpha value is 0.210. The summed E-state index contributed by atoms with van der Waals surface area (Å²) in [5, 5.41) is 3.08. The number of ether oxygens (including phenoxy) is 1. The second-order valence-corrected chi connectivity index (χ2v) is 1.97. The maximum absolute atomic E-state index is 5.53. The maximum Gasteiger partial charge on any atom is 0.143 e. The van der Waals surface area contributed by atoms with Gasteiger partial charge in [0.25, 0.3) is 0 Å². The van der Waals surface area contributed by atoms with Gasteiger partial charge in [0, 0.05) is 13.1 Å². The van der Waals surface area contributed by atoms with Crippen molar-refractivity contribution in [2.24, 2.45) is 0 Å². The van der Waals surface area contributed by atoms with E-state index in [0.29, 0.717) is 0 Å². The van der Waals surface area contributed by atoms with Gasteiger partial charge in [-0.15, -0.1) is 0 Å². The summed E-state index contributed by atoms with van der Waals surface area (Å²) in [5.74, 6) is 0. The normalized spacial score (nSPS) is 26.3. The monoisotopic (exact) mass is 151 g/mol. The highest BCUT2D eigenvalue weighted by Gasteiger charge is 2.07. The van der Waals surface area contributed by atoms with Crippen LogP contribution < -0.4 is 5.32 Å². The van der Waals surface area contributed by atoms with Crippen LogP contribution in [0, 0.1) is 0 Å². The highest BCUT2D eigenvalue weighted by molar-refractivity contribution is 6.19. The molecule has 0 aromatic heterocycles. The zero-order chi connectivity index (χ0) is 7.11. The molecule has 1 aliphatic heterocycles. The summed E-state index contributed by atoms with van der Waals surface area (Å²) in [4.78, 5) is 0. The standard InChI is InChI=1S/C4H8ClNO.C2H6/c5-4-3-6-1-2-7-4;1-2/h4,6H,1-3H2;1-2H3. The summed E-state index contributed by atoms with van der Waals surface area (Å²) >= 11 is 5.53. The van der Waals surface area contributed by atoms with Gasteiger partial charge in [0.15, 0.2) is 0 Å². The minimum Gasteiger partial charge on any atom is -0.360 e. The Morgan fingerprint density at radius 2 is 2.22 bits per heavy atom. The molecule has 1 N–H and O–H groups in total. The number of nitrogens with one attached hydrogen (secondary N) is 1. The Morgan fingerprint density at radius 1 is 1.56 bits per heavy atom. The molecule has 0 aliphatic carbocycles. The van der Waals surface area contributed by atoms with Crippen LogP contribution in [0.4, 0.5) is 0 Å². The lowest BCUT2D eigenvalue weighted by Crippen LogP contribution is -2.35. The third kappa shape index (κ3) is 4.70. The summed E-state index contributed by atoms with van der Waals surface area (Å²) in [6.45, 7) is 6.46. The molecule has 1 heterocycles. The van der Waals surface area contributed by atoms with Crippen molar-refractivity contribution in [1.29, 1.82) is 0 Å². The number of rotatable bonds is 0. The number of morpholine rings is 1. The fourth-order valence-electron chi connectivity index (χ4n) is 0.533. The Labute approximate surface area is 61.5 Å². The van der Waals surface area contributed by atoms with Gasteiger partial charge >= 0.3 is 0 Å². The molecule has 1 saturated heterocycles. The van der Waals surface area contributed by atoms with E-state index < -0.39 is 0 Å². The predicted molar refractivity (Wildman–Crippen MR) is 39.8 cm³/mol. The highest BCUT2D eigenvalue weighted by Crippen LogP contribution is 1.98. The molecule has 2 nitrogen and oxygen atoms in total. The van der Waals surface area contributed by atoms with Crippen LogP contribution in [0.15, 0.2) is 0 Å². The zero-order valence-corrected chi connectivity index (χ0v) is 6.74. The van der Waals surface area contributed by atoms with Crippen LogP contribution in [0.5, 0.6) is 0 Å². The minimum atomic E-state index is -0.103. The molecule has 0 radical (unpaired) electrons. The van der Waals surface area contributed by atoms with Gasteiger partial charge in [-0.25, -0.2) is 0 Å². The van der Waals surface area contributed by atoms with Gasteiger partial charge in [-0.05, 0) is 0 Å². The first-order valence-electron chi connectivity index (χ1n) is 3.36. The predicted octanol–water partition coefficient (Wildman–Crippen LogP) is 1.20. The molecule has 0 amide bonds. The minimum absolute atomic E-state index is 0.103. The molecule has 1 fully saturated rings. The maximum atomic E-state index is 5.53. The number of alkyl halides is 1. The van der Waals surface area contributed by atoms with Crippen molar-refractivity contribution in [3.8, 4) is 0 Å². The van der Waals surface area contributed by atoms with Crippen LogP contribution in [-0.4, -0.2) is 25.3 Å². The second-order valence-electron chi connectivity index (χ2n) is 1.48. The summed E-state index contributed by atoms with van der Waals surface area (Å²) in [7, 11) is 0. The fraction of sp³-hybridized carbons (Fsp3) is 1.00. The van der Waals surface area contributed by atoms with E-state index in [1.807, 2.05) is 13.8 Å². The third-order valence-corrected chi connectivity index (χ3v) is 1.16. The first kappa shape index (κ1) is 9.21. The average Bonchev–Trinajstić information content (AvgIpc) is 1.94. The van der Waals surface area contributed by atoms with Gasteiger partial charge in [-0.1, -0.05) is 25.4 Å². The molecule has 56 valence electrons. The van der Waals surface area contributed by atoms with Gasteiger partial charge in [-0.2, -0.15) is 0 Å². The van der Waals surface area contributed by atoms with Gasteiger partial charge in [0.05, 0.1) is 6.61 Å². The lowest BCUT2D eigenvalue weighted by Gasteiger charge is -2.17. The molecule has 0 aromatic rings. The number of hydrogen-bond donors (Lipinski definition) is 1. The molecule has 1 atom stereocenters. The SMILES string of the molecule is CC.ClC1CNCCO1. The lowest BCUT2D eigenvalue weighted by atomic mass is 10.5. The Bertz CT molecular complexity index is 55.0. The van der Waals surface area contributed by atoms with E-state index >= 15 is 0 Å². The summed E-state index contributed by atoms with van der Waals surface area (Å²) < 4.78 is 4.98. The van der Waals surface area contributed by atoms with Crippen LogP contribution in [0.25, 0.3) is 0 Å². The molecule has 9 heavy (non-hydrogen) atoms. The Morgan fingerprint density at radius 3 is 2.44 bits per heavy atom. The first-order chi connectivity index (χ1) is 4.39. The molecular formula is C6H14ClNO. The van der Waals surface area contributed by atoms with Crippen LogP contribution in [0.2, 0.25) is 0 Å². The van der Waals surface area contributed by atoms with Gasteiger partial charge in [0.2, 0.25) is 0 Å². The van der Waals surface area contributed by atoms with Crippen LogP contribution in [0.3, 0.4) is 0 Å². The van der Waals surface area contributed by atoms with E-state index in [0.717, 1.165) is 19.7 Å². The quantitative estimate of drug-likeness (QED) is 0.526. The average molecular weight is 152 g/mol. The van der Waals surface area contributed by atoms with Crippen molar-refractivity contribution < 1.29 is 4.74 Å². The fourth-order valence-corrected chi connectivity index (χ4v) is 0.732. The summed E-state index contributed by atoms with van der Waals surface area (Å²) in [6.07, 6.45) is 0. The van der Waals surface area contributed by atoms with Crippen LogP contribution in [0.1, 0.15) is 13.8 Å². The van der Waals surface area contributed by atoms with E-state index in [2.05, 4.69) is 5.32 Å². The van der Waals surface area contributed by atoms with Crippen molar-refractivity contribution in [1.82, 2.24) is 5.32 Å².